The maximum atomic E-state index is 5.40. The van der Waals surface area contributed by atoms with Crippen molar-refractivity contribution in [2.75, 3.05) is 13.7 Å². The van der Waals surface area contributed by atoms with Crippen LogP contribution in [0.1, 0.15) is 6.42 Å². The van der Waals surface area contributed by atoms with E-state index in [1.54, 1.807) is 7.11 Å². The van der Waals surface area contributed by atoms with Gasteiger partial charge in [0.2, 0.25) is 7.65 Å². The van der Waals surface area contributed by atoms with E-state index in [1.807, 2.05) is 0 Å². The van der Waals surface area contributed by atoms with Gasteiger partial charge in [-0.05, 0) is 6.04 Å². The van der Waals surface area contributed by atoms with Crippen molar-refractivity contribution in [1.29, 1.82) is 0 Å². The Hall–Kier alpha value is 1.81. The van der Waals surface area contributed by atoms with Gasteiger partial charge in [0.25, 0.3) is 0 Å². The Labute approximate surface area is 107 Å². The molecule has 0 heterocycles. The molecule has 0 saturated heterocycles. The van der Waals surface area contributed by atoms with Crippen LogP contribution < -0.4 is 18.9 Å². The average molecular weight is 261 g/mol. The zero-order valence-electron chi connectivity index (χ0n) is 10.1. The van der Waals surface area contributed by atoms with Crippen LogP contribution in [0, 0.1) is 0 Å². The van der Waals surface area contributed by atoms with Crippen molar-refractivity contribution in [2.45, 2.75) is 32.1 Å². The predicted octanol–water partition coefficient (Wildman–Crippen LogP) is -0.0754. The molecule has 0 saturated carbocycles. The zero-order chi connectivity index (χ0) is 10.5. The summed E-state index contributed by atoms with van der Waals surface area (Å²) in [6.07, 6.45) is 1.16. The molecule has 7 heteroatoms. The molecule has 14 heavy (non-hydrogen) atoms. The third kappa shape index (κ3) is 11.9. The van der Waals surface area contributed by atoms with Crippen LogP contribution >= 0.6 is 17.6 Å². The number of hydrogen-bond acceptors (Lipinski definition) is 1. The number of rotatable bonds is 6. The third-order valence-electron chi connectivity index (χ3n) is 1.69. The normalized spacial score (nSPS) is 12.4. The molecule has 0 bridgehead atoms. The molecule has 2 unspecified atom stereocenters. The van der Waals surface area contributed by atoms with Gasteiger partial charge in [-0.1, -0.05) is 34.3 Å². The monoisotopic (exact) mass is 261 g/mol. The van der Waals surface area contributed by atoms with Gasteiger partial charge in [-0.15, -0.1) is 17.6 Å². The summed E-state index contributed by atoms with van der Waals surface area (Å²) in [4.78, 5) is 4.68. The van der Waals surface area contributed by atoms with E-state index in [9.17, 15) is 0 Å². The molecule has 2 nitrogen and oxygen atoms in total. The Morgan fingerprint density at radius 2 is 1.71 bits per heavy atom. The second-order valence-corrected chi connectivity index (χ2v) is 19.7. The van der Waals surface area contributed by atoms with E-state index in [1.165, 1.54) is 0 Å². The SMILES string of the molecule is CO[Si](P)(P)CCC[N-][Si](C)(C)C.[Li+]. The van der Waals surface area contributed by atoms with Crippen LogP contribution in [-0.2, 0) is 4.43 Å². The van der Waals surface area contributed by atoms with E-state index in [4.69, 9.17) is 4.43 Å². The van der Waals surface area contributed by atoms with E-state index >= 15 is 0 Å². The molecule has 0 aliphatic heterocycles. The van der Waals surface area contributed by atoms with E-state index < -0.39 is 15.9 Å². The summed E-state index contributed by atoms with van der Waals surface area (Å²) >= 11 is 0. The number of hydrogen-bond donors (Lipinski definition) is 0. The standard InChI is InChI=1S/C7H22NOP2Si2.Li/c1-9-13(10,11)7-5-6-8-12(2,3)4;/h5-7,10-11H2,1-4H3;/q-1;+1. The minimum absolute atomic E-state index is 0. The first kappa shape index (κ1) is 18.2. The molecule has 0 N–H and O–H groups in total. The van der Waals surface area contributed by atoms with E-state index in [2.05, 4.69) is 42.2 Å². The quantitative estimate of drug-likeness (QED) is 0.373. The zero-order valence-corrected chi connectivity index (χ0v) is 14.4. The van der Waals surface area contributed by atoms with Gasteiger partial charge in [-0.2, -0.15) is 6.54 Å². The smallest absolute Gasteiger partial charge is 0.665 e. The van der Waals surface area contributed by atoms with Crippen LogP contribution in [0.3, 0.4) is 0 Å². The van der Waals surface area contributed by atoms with Gasteiger partial charge in [0.15, 0.2) is 0 Å². The van der Waals surface area contributed by atoms with Crippen LogP contribution in [0.15, 0.2) is 0 Å². The molecule has 0 fully saturated rings. The van der Waals surface area contributed by atoms with E-state index in [-0.39, 0.29) is 18.9 Å². The molecular formula is C7H22LiNOP2Si2. The van der Waals surface area contributed by atoms with Crippen molar-refractivity contribution in [3.63, 3.8) is 0 Å². The maximum Gasteiger partial charge on any atom is 1.00 e. The van der Waals surface area contributed by atoms with Gasteiger partial charge in [-0.3, -0.25) is 0 Å². The fraction of sp³-hybridized carbons (Fsp3) is 1.00. The average Bonchev–Trinajstić information content (AvgIpc) is 1.97. The molecule has 0 aromatic carbocycles. The molecule has 0 amide bonds. The van der Waals surface area contributed by atoms with Gasteiger partial charge < -0.3 is 9.41 Å². The van der Waals surface area contributed by atoms with Crippen LogP contribution in [0.5, 0.6) is 0 Å². The van der Waals surface area contributed by atoms with Crippen molar-refractivity contribution < 1.29 is 23.3 Å². The Balaban J connectivity index is 0. The van der Waals surface area contributed by atoms with Crippen LogP contribution in [0.4, 0.5) is 0 Å². The Kier molecular flexibility index (Phi) is 10.4. The van der Waals surface area contributed by atoms with Gasteiger partial charge >= 0.3 is 18.9 Å². The first-order chi connectivity index (χ1) is 5.77. The Bertz CT molecular complexity index is 155. The van der Waals surface area contributed by atoms with Gasteiger partial charge in [-0.25, -0.2) is 0 Å². The molecular weight excluding hydrogens is 239 g/mol. The molecule has 0 radical (unpaired) electrons. The largest absolute Gasteiger partial charge is 1.00 e. The van der Waals surface area contributed by atoms with Crippen LogP contribution in [0.25, 0.3) is 4.98 Å². The molecule has 0 rings (SSSR count). The van der Waals surface area contributed by atoms with E-state index in [0.717, 1.165) is 19.0 Å². The van der Waals surface area contributed by atoms with Crippen molar-refractivity contribution in [1.82, 2.24) is 0 Å². The third-order valence-corrected chi connectivity index (χ3v) is 7.91. The Morgan fingerprint density at radius 3 is 2.07 bits per heavy atom. The van der Waals surface area contributed by atoms with Crippen LogP contribution in [-0.4, -0.2) is 29.5 Å². The maximum absolute atomic E-state index is 5.40. The van der Waals surface area contributed by atoms with Crippen molar-refractivity contribution in [2.24, 2.45) is 0 Å². The van der Waals surface area contributed by atoms with Crippen molar-refractivity contribution >= 4 is 33.5 Å². The molecule has 0 aromatic heterocycles. The minimum atomic E-state index is -1.48. The molecule has 0 aromatic rings. The summed E-state index contributed by atoms with van der Waals surface area (Å²) in [7, 11) is 4.82. The summed E-state index contributed by atoms with van der Waals surface area (Å²) in [5.74, 6) is 0. The Morgan fingerprint density at radius 1 is 1.21 bits per heavy atom. The minimum Gasteiger partial charge on any atom is -0.665 e. The molecule has 0 spiro atoms. The molecule has 0 aliphatic rings. The topological polar surface area (TPSA) is 23.3 Å². The second-order valence-electron chi connectivity index (χ2n) is 4.32. The molecule has 80 valence electrons. The van der Waals surface area contributed by atoms with Gasteiger partial charge in [0.05, 0.1) is 0 Å². The summed E-state index contributed by atoms with van der Waals surface area (Å²) in [6, 6.07) is 1.16. The second kappa shape index (κ2) is 7.98. The van der Waals surface area contributed by atoms with Crippen molar-refractivity contribution in [3.05, 3.63) is 4.98 Å². The fourth-order valence-corrected chi connectivity index (χ4v) is 3.84. The predicted molar refractivity (Wildman–Crippen MR) is 73.2 cm³/mol. The summed E-state index contributed by atoms with van der Waals surface area (Å²) in [5.41, 5.74) is 0. The van der Waals surface area contributed by atoms with Crippen molar-refractivity contribution in [3.8, 4) is 0 Å². The summed E-state index contributed by atoms with van der Waals surface area (Å²) in [5, 5.41) is 0. The summed E-state index contributed by atoms with van der Waals surface area (Å²) in [6.45, 7) is 7.83. The van der Waals surface area contributed by atoms with E-state index in [0.29, 0.717) is 0 Å². The molecule has 0 aliphatic carbocycles. The molecule has 2 atom stereocenters. The summed E-state index contributed by atoms with van der Waals surface area (Å²) < 4.78 is 5.40. The van der Waals surface area contributed by atoms with Gasteiger partial charge in [0.1, 0.15) is 0 Å². The first-order valence-corrected chi connectivity index (χ1v) is 13.8. The fourth-order valence-electron chi connectivity index (χ4n) is 0.872. The van der Waals surface area contributed by atoms with Crippen LogP contribution in [0.2, 0.25) is 25.7 Å². The van der Waals surface area contributed by atoms with Gasteiger partial charge in [0, 0.05) is 7.11 Å². The number of nitrogens with zero attached hydrogens (tertiary/aromatic N) is 1. The first-order valence-electron chi connectivity index (χ1n) is 4.58.